The van der Waals surface area contributed by atoms with Crippen LogP contribution in [0.2, 0.25) is 0 Å². The van der Waals surface area contributed by atoms with Crippen molar-refractivity contribution in [2.75, 3.05) is 5.32 Å². The Morgan fingerprint density at radius 1 is 1.04 bits per heavy atom. The molecule has 0 saturated carbocycles. The van der Waals surface area contributed by atoms with Crippen LogP contribution in [0.3, 0.4) is 0 Å². The Balaban J connectivity index is 1.97. The number of carbonyl (C=O) groups excluding carboxylic acids is 2. The van der Waals surface area contributed by atoms with Crippen LogP contribution in [0.25, 0.3) is 0 Å². The Bertz CT molecular complexity index is 815. The predicted molar refractivity (Wildman–Crippen MR) is 91.6 cm³/mol. The monoisotopic (exact) mass is 363 g/mol. The van der Waals surface area contributed by atoms with Gasteiger partial charge < -0.3 is 5.32 Å². The molecule has 136 valence electrons. The second-order valence-electron chi connectivity index (χ2n) is 5.29. The first kappa shape index (κ1) is 19.2. The van der Waals surface area contributed by atoms with Crippen LogP contribution in [-0.2, 0) is 22.2 Å². The van der Waals surface area contributed by atoms with Crippen LogP contribution in [-0.4, -0.2) is 18.0 Å². The zero-order chi connectivity index (χ0) is 19.2. The molecule has 2 aromatic carbocycles. The highest BCUT2D eigenvalue weighted by Crippen LogP contribution is 2.30. The van der Waals surface area contributed by atoms with E-state index in [4.69, 9.17) is 0 Å². The summed E-state index contributed by atoms with van der Waals surface area (Å²) in [5.41, 5.74) is 2.28. The van der Waals surface area contributed by atoms with Crippen molar-refractivity contribution in [3.05, 3.63) is 65.2 Å². The van der Waals surface area contributed by atoms with Gasteiger partial charge in [-0.1, -0.05) is 37.3 Å². The molecule has 5 nitrogen and oxygen atoms in total. The summed E-state index contributed by atoms with van der Waals surface area (Å²) in [6.45, 7) is 1.98. The first-order valence-electron chi connectivity index (χ1n) is 7.71. The molecule has 0 aromatic heterocycles. The van der Waals surface area contributed by atoms with Gasteiger partial charge in [0.25, 0.3) is 0 Å². The van der Waals surface area contributed by atoms with E-state index in [1.165, 1.54) is 18.2 Å². The van der Waals surface area contributed by atoms with E-state index in [2.05, 4.69) is 10.4 Å². The number of carbonyl (C=O) groups is 2. The van der Waals surface area contributed by atoms with Crippen molar-refractivity contribution in [2.24, 2.45) is 5.10 Å². The van der Waals surface area contributed by atoms with Crippen molar-refractivity contribution in [2.45, 2.75) is 19.5 Å². The largest absolute Gasteiger partial charge is 0.417 e. The highest BCUT2D eigenvalue weighted by Gasteiger charge is 2.32. The van der Waals surface area contributed by atoms with E-state index in [0.717, 1.165) is 24.3 Å². The summed E-state index contributed by atoms with van der Waals surface area (Å²) in [6, 6.07) is 11.7. The number of nitrogens with one attached hydrogen (secondary N) is 2. The van der Waals surface area contributed by atoms with Crippen LogP contribution in [0.5, 0.6) is 0 Å². The number of rotatable bonds is 4. The molecule has 0 unspecified atom stereocenters. The number of halogens is 3. The fraction of sp³-hybridized carbons (Fsp3) is 0.167. The smallest absolute Gasteiger partial charge is 0.318 e. The fourth-order valence-corrected chi connectivity index (χ4v) is 2.09. The molecule has 0 bridgehead atoms. The number of aryl methyl sites for hydroxylation is 1. The molecular formula is C18H16F3N3O2. The van der Waals surface area contributed by atoms with Crippen LogP contribution in [0, 0.1) is 0 Å². The Morgan fingerprint density at radius 3 is 2.31 bits per heavy atom. The molecule has 0 spiro atoms. The van der Waals surface area contributed by atoms with Gasteiger partial charge in [-0.2, -0.15) is 18.3 Å². The lowest BCUT2D eigenvalue weighted by Gasteiger charge is -2.09. The maximum Gasteiger partial charge on any atom is 0.417 e. The molecule has 2 rings (SSSR count). The minimum absolute atomic E-state index is 0.226. The normalized spacial score (nSPS) is 11.4. The van der Waals surface area contributed by atoms with Gasteiger partial charge in [-0.15, -0.1) is 0 Å². The minimum atomic E-state index is -4.55. The van der Waals surface area contributed by atoms with E-state index in [9.17, 15) is 22.8 Å². The van der Waals surface area contributed by atoms with E-state index < -0.39 is 23.6 Å². The first-order valence-corrected chi connectivity index (χ1v) is 7.71. The van der Waals surface area contributed by atoms with Crippen molar-refractivity contribution >= 4 is 23.7 Å². The van der Waals surface area contributed by atoms with Crippen LogP contribution in [0.15, 0.2) is 53.6 Å². The summed E-state index contributed by atoms with van der Waals surface area (Å²) in [5.74, 6) is -2.07. The topological polar surface area (TPSA) is 70.6 Å². The lowest BCUT2D eigenvalue weighted by molar-refractivity contribution is -0.137. The number of benzene rings is 2. The number of hydrazone groups is 1. The van der Waals surface area contributed by atoms with Gasteiger partial charge in [0.15, 0.2) is 0 Å². The second-order valence-corrected chi connectivity index (χ2v) is 5.29. The number of alkyl halides is 3. The Labute approximate surface area is 147 Å². The van der Waals surface area contributed by atoms with Crippen LogP contribution in [0.4, 0.5) is 18.9 Å². The third-order valence-corrected chi connectivity index (χ3v) is 3.46. The van der Waals surface area contributed by atoms with Gasteiger partial charge in [-0.05, 0) is 30.2 Å². The summed E-state index contributed by atoms with van der Waals surface area (Å²) in [4.78, 5) is 23.4. The van der Waals surface area contributed by atoms with E-state index in [-0.39, 0.29) is 5.56 Å². The Morgan fingerprint density at radius 2 is 1.69 bits per heavy atom. The van der Waals surface area contributed by atoms with E-state index in [1.807, 2.05) is 12.3 Å². The predicted octanol–water partition coefficient (Wildman–Crippen LogP) is 3.36. The lowest BCUT2D eigenvalue weighted by Crippen LogP contribution is -2.32. The average molecular weight is 363 g/mol. The zero-order valence-corrected chi connectivity index (χ0v) is 13.8. The average Bonchev–Trinajstić information content (AvgIpc) is 2.61. The van der Waals surface area contributed by atoms with Gasteiger partial charge in [0.2, 0.25) is 0 Å². The first-order chi connectivity index (χ1) is 12.3. The van der Waals surface area contributed by atoms with Crippen LogP contribution in [0.1, 0.15) is 23.6 Å². The summed E-state index contributed by atoms with van der Waals surface area (Å²) < 4.78 is 38.5. The number of hydrogen-bond acceptors (Lipinski definition) is 3. The molecule has 8 heteroatoms. The highest BCUT2D eigenvalue weighted by molar-refractivity contribution is 6.39. The molecule has 0 heterocycles. The molecule has 2 amide bonds. The van der Waals surface area contributed by atoms with Crippen molar-refractivity contribution < 1.29 is 22.8 Å². The van der Waals surface area contributed by atoms with Gasteiger partial charge >= 0.3 is 18.0 Å². The summed E-state index contributed by atoms with van der Waals surface area (Å²) in [5, 5.41) is 5.79. The zero-order valence-electron chi connectivity index (χ0n) is 13.8. The summed E-state index contributed by atoms with van der Waals surface area (Å²) in [7, 11) is 0. The standard InChI is InChI=1S/C18H16F3N3O2/c1-2-12-7-9-14(10-8-12)23-16(25)17(26)24-22-11-13-5-3-4-6-15(13)18(19,20)21/h3-11H,2H2,1H3,(H,23,25)(H,24,26)/b22-11+. The summed E-state index contributed by atoms with van der Waals surface area (Å²) in [6.07, 6.45) is -2.87. The molecule has 2 N–H and O–H groups in total. The van der Waals surface area contributed by atoms with Crippen LogP contribution < -0.4 is 10.7 Å². The second kappa shape index (κ2) is 8.28. The van der Waals surface area contributed by atoms with Crippen molar-refractivity contribution in [1.82, 2.24) is 5.43 Å². The molecule has 26 heavy (non-hydrogen) atoms. The van der Waals surface area contributed by atoms with E-state index >= 15 is 0 Å². The number of anilines is 1. The van der Waals surface area contributed by atoms with Gasteiger partial charge in [0.05, 0.1) is 11.8 Å². The van der Waals surface area contributed by atoms with E-state index in [0.29, 0.717) is 5.69 Å². The maximum absolute atomic E-state index is 12.8. The number of hydrogen-bond donors (Lipinski definition) is 2. The van der Waals surface area contributed by atoms with Crippen LogP contribution >= 0.6 is 0 Å². The number of amides is 2. The van der Waals surface area contributed by atoms with Gasteiger partial charge in [-0.3, -0.25) is 9.59 Å². The quantitative estimate of drug-likeness (QED) is 0.497. The third kappa shape index (κ3) is 5.17. The van der Waals surface area contributed by atoms with Gasteiger partial charge in [0, 0.05) is 11.3 Å². The molecule has 0 fully saturated rings. The molecule has 0 atom stereocenters. The Hall–Kier alpha value is -3.16. The maximum atomic E-state index is 12.8. The Kier molecular flexibility index (Phi) is 6.11. The van der Waals surface area contributed by atoms with Crippen molar-refractivity contribution in [3.8, 4) is 0 Å². The van der Waals surface area contributed by atoms with Gasteiger partial charge in [-0.25, -0.2) is 5.43 Å². The van der Waals surface area contributed by atoms with Gasteiger partial charge in [0.1, 0.15) is 0 Å². The van der Waals surface area contributed by atoms with Crippen molar-refractivity contribution in [1.29, 1.82) is 0 Å². The SMILES string of the molecule is CCc1ccc(NC(=O)C(=O)N/N=C/c2ccccc2C(F)(F)F)cc1. The third-order valence-electron chi connectivity index (χ3n) is 3.46. The molecule has 0 aliphatic rings. The molecular weight excluding hydrogens is 347 g/mol. The van der Waals surface area contributed by atoms with Crippen molar-refractivity contribution in [3.63, 3.8) is 0 Å². The fourth-order valence-electron chi connectivity index (χ4n) is 2.09. The van der Waals surface area contributed by atoms with E-state index in [1.54, 1.807) is 24.3 Å². The molecule has 0 aliphatic heterocycles. The summed E-state index contributed by atoms with van der Waals surface area (Å²) >= 11 is 0. The molecule has 2 aromatic rings. The molecule has 0 radical (unpaired) electrons. The lowest BCUT2D eigenvalue weighted by atomic mass is 10.1. The molecule has 0 aliphatic carbocycles. The number of nitrogens with zero attached hydrogens (tertiary/aromatic N) is 1. The highest BCUT2D eigenvalue weighted by atomic mass is 19.4. The molecule has 0 saturated heterocycles. The minimum Gasteiger partial charge on any atom is -0.318 e.